The van der Waals surface area contributed by atoms with E-state index < -0.39 is 17.4 Å². The zero-order valence-electron chi connectivity index (χ0n) is 6.60. The third-order valence-electron chi connectivity index (χ3n) is 1.43. The first kappa shape index (κ1) is 10.9. The molecular formula is C8H3BrF3NO. The average molecular weight is 266 g/mol. The van der Waals surface area contributed by atoms with Crippen molar-refractivity contribution in [2.24, 2.45) is 4.99 Å². The number of hydrogen-bond acceptors (Lipinski definition) is 2. The lowest BCUT2D eigenvalue weighted by Gasteiger charge is -2.08. The maximum Gasteiger partial charge on any atom is 0.418 e. The van der Waals surface area contributed by atoms with Crippen LogP contribution in [0.1, 0.15) is 5.56 Å². The summed E-state index contributed by atoms with van der Waals surface area (Å²) in [5.74, 6) is 0. The summed E-state index contributed by atoms with van der Waals surface area (Å²) in [6.07, 6.45) is -3.45. The number of isocyanates is 1. The predicted molar refractivity (Wildman–Crippen MR) is 46.9 cm³/mol. The van der Waals surface area contributed by atoms with E-state index in [0.29, 0.717) is 0 Å². The van der Waals surface area contributed by atoms with Crippen LogP contribution in [0, 0.1) is 0 Å². The summed E-state index contributed by atoms with van der Waals surface area (Å²) in [7, 11) is 0. The number of hydrogen-bond donors (Lipinski definition) is 0. The highest BCUT2D eigenvalue weighted by molar-refractivity contribution is 9.10. The number of aliphatic imine (C=N–C) groups is 1. The molecule has 74 valence electrons. The molecule has 0 aliphatic heterocycles. The van der Waals surface area contributed by atoms with Crippen molar-refractivity contribution in [3.8, 4) is 0 Å². The summed E-state index contributed by atoms with van der Waals surface area (Å²) >= 11 is 2.90. The smallest absolute Gasteiger partial charge is 0.211 e. The van der Waals surface area contributed by atoms with Gasteiger partial charge in [0.2, 0.25) is 6.08 Å². The summed E-state index contributed by atoms with van der Waals surface area (Å²) in [6.45, 7) is 0. The van der Waals surface area contributed by atoms with Gasteiger partial charge in [-0.1, -0.05) is 15.9 Å². The minimum atomic E-state index is -4.53. The van der Waals surface area contributed by atoms with Crippen LogP contribution in [0.3, 0.4) is 0 Å². The molecule has 0 atom stereocenters. The van der Waals surface area contributed by atoms with Gasteiger partial charge in [0.15, 0.2) is 0 Å². The van der Waals surface area contributed by atoms with E-state index in [1.54, 1.807) is 0 Å². The molecule has 0 aliphatic rings. The Labute approximate surface area is 85.6 Å². The lowest BCUT2D eigenvalue weighted by molar-refractivity contribution is -0.137. The number of halogens is 4. The first-order valence-corrected chi connectivity index (χ1v) is 4.19. The Kier molecular flexibility index (Phi) is 3.08. The molecule has 0 amide bonds. The highest BCUT2D eigenvalue weighted by Gasteiger charge is 2.33. The Morgan fingerprint density at radius 3 is 2.50 bits per heavy atom. The molecule has 2 nitrogen and oxygen atoms in total. The Balaban J connectivity index is 3.37. The van der Waals surface area contributed by atoms with E-state index in [1.165, 1.54) is 6.07 Å². The van der Waals surface area contributed by atoms with Crippen molar-refractivity contribution in [2.45, 2.75) is 6.18 Å². The van der Waals surface area contributed by atoms with Crippen LogP contribution in [-0.4, -0.2) is 6.08 Å². The van der Waals surface area contributed by atoms with Gasteiger partial charge in [0.1, 0.15) is 0 Å². The Morgan fingerprint density at radius 1 is 1.36 bits per heavy atom. The Hall–Kier alpha value is -1.13. The third-order valence-corrected chi connectivity index (χ3v) is 1.92. The van der Waals surface area contributed by atoms with Crippen LogP contribution < -0.4 is 0 Å². The van der Waals surface area contributed by atoms with Gasteiger partial charge in [0.25, 0.3) is 0 Å². The van der Waals surface area contributed by atoms with Crippen LogP contribution in [0.25, 0.3) is 0 Å². The molecule has 0 radical (unpaired) electrons. The van der Waals surface area contributed by atoms with E-state index in [9.17, 15) is 18.0 Å². The topological polar surface area (TPSA) is 29.4 Å². The molecule has 6 heteroatoms. The number of carbonyl (C=O) groups excluding carboxylic acids is 1. The summed E-state index contributed by atoms with van der Waals surface area (Å²) in [4.78, 5) is 12.8. The first-order valence-electron chi connectivity index (χ1n) is 3.40. The van der Waals surface area contributed by atoms with Crippen molar-refractivity contribution in [1.29, 1.82) is 0 Å². The second-order valence-electron chi connectivity index (χ2n) is 2.36. The minimum Gasteiger partial charge on any atom is -0.211 e. The molecular weight excluding hydrogens is 263 g/mol. The number of rotatable bonds is 1. The lowest BCUT2D eigenvalue weighted by Crippen LogP contribution is -2.05. The van der Waals surface area contributed by atoms with Gasteiger partial charge in [-0.2, -0.15) is 18.2 Å². The zero-order chi connectivity index (χ0) is 10.8. The van der Waals surface area contributed by atoms with Crippen molar-refractivity contribution < 1.29 is 18.0 Å². The lowest BCUT2D eigenvalue weighted by atomic mass is 10.2. The molecule has 0 bridgehead atoms. The fourth-order valence-corrected chi connectivity index (χ4v) is 1.24. The highest BCUT2D eigenvalue weighted by Crippen LogP contribution is 2.37. The molecule has 0 saturated heterocycles. The highest BCUT2D eigenvalue weighted by atomic mass is 79.9. The van der Waals surface area contributed by atoms with Crippen LogP contribution in [0.15, 0.2) is 27.7 Å². The van der Waals surface area contributed by atoms with Crippen LogP contribution in [0.5, 0.6) is 0 Å². The zero-order valence-corrected chi connectivity index (χ0v) is 8.19. The molecule has 14 heavy (non-hydrogen) atoms. The molecule has 0 unspecified atom stereocenters. The van der Waals surface area contributed by atoms with E-state index in [2.05, 4.69) is 20.9 Å². The number of benzene rings is 1. The van der Waals surface area contributed by atoms with Gasteiger partial charge < -0.3 is 0 Å². The van der Waals surface area contributed by atoms with Crippen molar-refractivity contribution in [2.75, 3.05) is 0 Å². The van der Waals surface area contributed by atoms with E-state index >= 15 is 0 Å². The van der Waals surface area contributed by atoms with Crippen molar-refractivity contribution in [3.63, 3.8) is 0 Å². The summed E-state index contributed by atoms with van der Waals surface area (Å²) < 4.78 is 37.3. The van der Waals surface area contributed by atoms with E-state index in [0.717, 1.165) is 18.2 Å². The van der Waals surface area contributed by atoms with Gasteiger partial charge in [-0.3, -0.25) is 0 Å². The predicted octanol–water partition coefficient (Wildman–Crippen LogP) is 3.44. The quantitative estimate of drug-likeness (QED) is 0.565. The molecule has 0 fully saturated rings. The molecule has 0 heterocycles. The molecule has 1 aromatic rings. The Bertz CT molecular complexity index is 396. The van der Waals surface area contributed by atoms with E-state index in [4.69, 9.17) is 0 Å². The maximum atomic E-state index is 12.3. The third kappa shape index (κ3) is 2.43. The average Bonchev–Trinajstić information content (AvgIpc) is 2.07. The summed E-state index contributed by atoms with van der Waals surface area (Å²) in [6, 6.07) is 3.32. The van der Waals surface area contributed by atoms with Gasteiger partial charge in [-0.25, -0.2) is 4.79 Å². The van der Waals surface area contributed by atoms with Gasteiger partial charge in [-0.05, 0) is 18.2 Å². The maximum absolute atomic E-state index is 12.3. The van der Waals surface area contributed by atoms with Crippen LogP contribution in [0.2, 0.25) is 0 Å². The van der Waals surface area contributed by atoms with Gasteiger partial charge >= 0.3 is 6.18 Å². The molecule has 0 spiro atoms. The number of nitrogens with zero attached hydrogens (tertiary/aromatic N) is 1. The second-order valence-corrected chi connectivity index (χ2v) is 3.28. The van der Waals surface area contributed by atoms with Gasteiger partial charge in [0, 0.05) is 4.47 Å². The molecule has 1 rings (SSSR count). The largest absolute Gasteiger partial charge is 0.418 e. The molecule has 0 N–H and O–H groups in total. The minimum absolute atomic E-state index is 0.273. The van der Waals surface area contributed by atoms with E-state index in [1.807, 2.05) is 0 Å². The second kappa shape index (κ2) is 3.94. The van der Waals surface area contributed by atoms with Crippen LogP contribution in [-0.2, 0) is 11.0 Å². The van der Waals surface area contributed by atoms with Crippen LogP contribution >= 0.6 is 15.9 Å². The molecule has 0 saturated carbocycles. The molecule has 0 aliphatic carbocycles. The SMILES string of the molecule is O=C=Nc1ccc(Br)cc1C(F)(F)F. The van der Waals surface area contributed by atoms with Crippen LogP contribution in [0.4, 0.5) is 18.9 Å². The first-order chi connectivity index (χ1) is 6.45. The van der Waals surface area contributed by atoms with Gasteiger partial charge in [0.05, 0.1) is 11.3 Å². The standard InChI is InChI=1S/C8H3BrF3NO/c9-5-1-2-7(13-4-14)6(3-5)8(10,11)12/h1-3H. The van der Waals surface area contributed by atoms with Crippen molar-refractivity contribution in [1.82, 2.24) is 0 Å². The summed E-state index contributed by atoms with van der Waals surface area (Å²) in [5.41, 5.74) is -1.40. The molecule has 0 aromatic heterocycles. The number of alkyl halides is 3. The van der Waals surface area contributed by atoms with Crippen molar-refractivity contribution >= 4 is 27.7 Å². The molecule has 1 aromatic carbocycles. The monoisotopic (exact) mass is 265 g/mol. The van der Waals surface area contributed by atoms with Gasteiger partial charge in [-0.15, -0.1) is 0 Å². The van der Waals surface area contributed by atoms with E-state index in [-0.39, 0.29) is 4.47 Å². The van der Waals surface area contributed by atoms with Crippen molar-refractivity contribution in [3.05, 3.63) is 28.2 Å². The summed E-state index contributed by atoms with van der Waals surface area (Å²) in [5, 5.41) is 0. The normalized spacial score (nSPS) is 10.9. The fraction of sp³-hybridized carbons (Fsp3) is 0.125. The Morgan fingerprint density at radius 2 is 2.00 bits per heavy atom. The fourth-order valence-electron chi connectivity index (χ4n) is 0.882.